The monoisotopic (exact) mass is 505 g/mol. The Hall–Kier alpha value is -3.88. The molecule has 2 N–H and O–H groups in total. The van der Waals surface area contributed by atoms with Crippen LogP contribution in [0, 0.1) is 5.92 Å². The van der Waals surface area contributed by atoms with Crippen molar-refractivity contribution in [2.45, 2.75) is 38.8 Å². The Morgan fingerprint density at radius 2 is 1.65 bits per heavy atom. The highest BCUT2D eigenvalue weighted by Gasteiger charge is 2.50. The number of hydrogen-bond acceptors (Lipinski definition) is 6. The van der Waals surface area contributed by atoms with Crippen LogP contribution in [0.1, 0.15) is 54.7 Å². The molecule has 37 heavy (non-hydrogen) atoms. The Bertz CT molecular complexity index is 1190. The number of methoxy groups -OCH3 is 1. The third-order valence-electron chi connectivity index (χ3n) is 7.08. The molecule has 0 radical (unpaired) electrons. The number of ether oxygens (including phenoxy) is 1. The maximum atomic E-state index is 14.0. The van der Waals surface area contributed by atoms with Crippen molar-refractivity contribution >= 4 is 23.9 Å². The van der Waals surface area contributed by atoms with Crippen molar-refractivity contribution in [3.63, 3.8) is 0 Å². The first-order valence-electron chi connectivity index (χ1n) is 12.6. The smallest absolute Gasteiger partial charge is 0.409 e. The van der Waals surface area contributed by atoms with Gasteiger partial charge in [0.25, 0.3) is 11.8 Å². The summed E-state index contributed by atoms with van der Waals surface area (Å²) in [4.78, 5) is 48.6. The van der Waals surface area contributed by atoms with Gasteiger partial charge in [-0.25, -0.2) is 9.79 Å². The molecule has 0 aliphatic carbocycles. The van der Waals surface area contributed by atoms with Crippen molar-refractivity contribution in [3.05, 3.63) is 71.3 Å². The molecule has 2 heterocycles. The molecule has 2 atom stereocenters. The molecule has 9 heteroatoms. The van der Waals surface area contributed by atoms with E-state index in [1.165, 1.54) is 7.11 Å². The lowest BCUT2D eigenvalue weighted by molar-refractivity contribution is -0.133. The summed E-state index contributed by atoms with van der Waals surface area (Å²) in [6.45, 7) is 7.71. The number of benzene rings is 2. The molecule has 0 spiro atoms. The number of carbonyl (C=O) groups is 3. The fourth-order valence-electron chi connectivity index (χ4n) is 5.20. The number of hydrogen-bond donors (Lipinski definition) is 1. The van der Waals surface area contributed by atoms with Gasteiger partial charge in [-0.3, -0.25) is 14.5 Å². The van der Waals surface area contributed by atoms with E-state index in [4.69, 9.17) is 15.5 Å². The number of amides is 3. The predicted octanol–water partition coefficient (Wildman–Crippen LogP) is 3.37. The summed E-state index contributed by atoms with van der Waals surface area (Å²) in [6.07, 6.45) is 0.150. The van der Waals surface area contributed by atoms with Crippen LogP contribution in [-0.2, 0) is 15.1 Å². The van der Waals surface area contributed by atoms with Crippen molar-refractivity contribution in [2.24, 2.45) is 16.6 Å². The average molecular weight is 506 g/mol. The summed E-state index contributed by atoms with van der Waals surface area (Å²) < 4.78 is 4.77. The third-order valence-corrected chi connectivity index (χ3v) is 7.08. The molecule has 0 aromatic heterocycles. The van der Waals surface area contributed by atoms with Gasteiger partial charge in [0.2, 0.25) is 0 Å². The zero-order valence-electron chi connectivity index (χ0n) is 21.9. The molecule has 1 fully saturated rings. The minimum atomic E-state index is -1.07. The topological polar surface area (TPSA) is 109 Å². The quantitative estimate of drug-likeness (QED) is 0.648. The molecular weight excluding hydrogens is 470 g/mol. The predicted molar refractivity (Wildman–Crippen MR) is 141 cm³/mol. The Balaban J connectivity index is 1.56. The second-order valence-corrected chi connectivity index (χ2v) is 10.0. The Morgan fingerprint density at radius 3 is 2.27 bits per heavy atom. The molecular formula is C28H35N5O4. The molecule has 2 aliphatic rings. The van der Waals surface area contributed by atoms with Gasteiger partial charge >= 0.3 is 6.09 Å². The van der Waals surface area contributed by atoms with Gasteiger partial charge < -0.3 is 20.3 Å². The first kappa shape index (κ1) is 26.2. The van der Waals surface area contributed by atoms with Gasteiger partial charge in [-0.15, -0.1) is 0 Å². The van der Waals surface area contributed by atoms with Gasteiger partial charge in [0, 0.05) is 31.7 Å². The van der Waals surface area contributed by atoms with Crippen LogP contribution in [0.3, 0.4) is 0 Å². The first-order chi connectivity index (χ1) is 17.7. The largest absolute Gasteiger partial charge is 0.453 e. The van der Waals surface area contributed by atoms with E-state index in [0.717, 1.165) is 11.1 Å². The Kier molecular flexibility index (Phi) is 7.52. The van der Waals surface area contributed by atoms with Crippen LogP contribution in [0.5, 0.6) is 0 Å². The normalized spacial score (nSPS) is 20.7. The Labute approximate surface area is 217 Å². The van der Waals surface area contributed by atoms with Crippen molar-refractivity contribution in [2.75, 3.05) is 33.3 Å². The minimum Gasteiger partial charge on any atom is -0.453 e. The number of aliphatic imine (C=N–C) groups is 1. The van der Waals surface area contributed by atoms with E-state index in [0.29, 0.717) is 38.2 Å². The molecule has 2 aromatic rings. The van der Waals surface area contributed by atoms with E-state index in [1.807, 2.05) is 55.5 Å². The van der Waals surface area contributed by atoms with Gasteiger partial charge in [0.1, 0.15) is 0 Å². The summed E-state index contributed by atoms with van der Waals surface area (Å²) in [5.41, 5.74) is 7.46. The van der Waals surface area contributed by atoms with E-state index >= 15 is 0 Å². The van der Waals surface area contributed by atoms with Crippen LogP contribution >= 0.6 is 0 Å². The number of carbonyl (C=O) groups excluding carboxylic acids is 3. The number of nitrogens with two attached hydrogens (primary N) is 1. The molecule has 0 saturated carbocycles. The summed E-state index contributed by atoms with van der Waals surface area (Å²) in [5.74, 6) is 0.119. The number of piperazine rings is 1. The SMILES string of the molecule is COC(=O)N1CCN(C(=O)c2cccc(C(C)N3C(=O)C(CC(C)C)(c4ccccc4)N=C3N)c2)CC1. The van der Waals surface area contributed by atoms with E-state index in [9.17, 15) is 14.4 Å². The maximum Gasteiger partial charge on any atom is 0.409 e. The summed E-state index contributed by atoms with van der Waals surface area (Å²) in [5, 5.41) is 0. The molecule has 3 amide bonds. The molecule has 196 valence electrons. The molecule has 1 saturated heterocycles. The molecule has 2 unspecified atom stereocenters. The van der Waals surface area contributed by atoms with Crippen molar-refractivity contribution in [1.82, 2.24) is 14.7 Å². The van der Waals surface area contributed by atoms with Gasteiger partial charge in [0.05, 0.1) is 13.2 Å². The highest BCUT2D eigenvalue weighted by Crippen LogP contribution is 2.41. The summed E-state index contributed by atoms with van der Waals surface area (Å²) in [6, 6.07) is 16.4. The van der Waals surface area contributed by atoms with E-state index in [2.05, 4.69) is 13.8 Å². The van der Waals surface area contributed by atoms with Crippen LogP contribution in [-0.4, -0.2) is 71.9 Å². The van der Waals surface area contributed by atoms with Crippen LogP contribution < -0.4 is 5.73 Å². The lowest BCUT2D eigenvalue weighted by atomic mass is 9.82. The number of guanidine groups is 1. The lowest BCUT2D eigenvalue weighted by Crippen LogP contribution is -2.50. The third kappa shape index (κ3) is 5.03. The van der Waals surface area contributed by atoms with Gasteiger partial charge in [-0.1, -0.05) is 56.3 Å². The zero-order valence-corrected chi connectivity index (χ0v) is 21.9. The molecule has 4 rings (SSSR count). The minimum absolute atomic E-state index is 0.119. The van der Waals surface area contributed by atoms with Crippen molar-refractivity contribution < 1.29 is 19.1 Å². The summed E-state index contributed by atoms with van der Waals surface area (Å²) in [7, 11) is 1.35. The second-order valence-electron chi connectivity index (χ2n) is 10.0. The van der Waals surface area contributed by atoms with Crippen LogP contribution in [0.25, 0.3) is 0 Å². The summed E-state index contributed by atoms with van der Waals surface area (Å²) >= 11 is 0. The zero-order chi connectivity index (χ0) is 26.7. The van der Waals surface area contributed by atoms with Crippen molar-refractivity contribution in [1.29, 1.82) is 0 Å². The highest BCUT2D eigenvalue weighted by atomic mass is 16.5. The Morgan fingerprint density at radius 1 is 1.00 bits per heavy atom. The van der Waals surface area contributed by atoms with Gasteiger partial charge in [-0.2, -0.15) is 0 Å². The highest BCUT2D eigenvalue weighted by molar-refractivity contribution is 6.07. The standard InChI is InChI=1S/C28H35N5O4/c1-19(2)18-28(23-11-6-5-7-12-23)25(35)33(26(29)30-28)20(3)21-9-8-10-22(17-21)24(34)31-13-15-32(16-14-31)27(36)37-4/h5-12,17,19-20H,13-16,18H2,1-4H3,(H2,29,30). The number of nitrogens with zero attached hydrogens (tertiary/aromatic N) is 4. The molecule has 2 aromatic carbocycles. The molecule has 0 bridgehead atoms. The first-order valence-corrected chi connectivity index (χ1v) is 12.6. The van der Waals surface area contributed by atoms with Crippen LogP contribution in [0.2, 0.25) is 0 Å². The van der Waals surface area contributed by atoms with E-state index in [-0.39, 0.29) is 29.8 Å². The average Bonchev–Trinajstić information content (AvgIpc) is 3.17. The van der Waals surface area contributed by atoms with Crippen LogP contribution in [0.4, 0.5) is 4.79 Å². The fourth-order valence-corrected chi connectivity index (χ4v) is 5.20. The van der Waals surface area contributed by atoms with E-state index < -0.39 is 11.6 Å². The number of rotatable bonds is 6. The molecule has 2 aliphatic heterocycles. The van der Waals surface area contributed by atoms with Crippen molar-refractivity contribution in [3.8, 4) is 0 Å². The van der Waals surface area contributed by atoms with Crippen LogP contribution in [0.15, 0.2) is 59.6 Å². The maximum absolute atomic E-state index is 14.0. The fraction of sp³-hybridized carbons (Fsp3) is 0.429. The lowest BCUT2D eigenvalue weighted by Gasteiger charge is -2.34. The second kappa shape index (κ2) is 10.6. The van der Waals surface area contributed by atoms with E-state index in [1.54, 1.807) is 20.8 Å². The van der Waals surface area contributed by atoms with Gasteiger partial charge in [0.15, 0.2) is 11.5 Å². The molecule has 9 nitrogen and oxygen atoms in total. The van der Waals surface area contributed by atoms with Gasteiger partial charge in [-0.05, 0) is 42.5 Å².